The van der Waals surface area contributed by atoms with Crippen LogP contribution in [-0.4, -0.2) is 46.2 Å². The molecule has 2 fully saturated rings. The van der Waals surface area contributed by atoms with Gasteiger partial charge in [0.2, 0.25) is 0 Å². The number of hydrogen-bond acceptors (Lipinski definition) is 5. The predicted octanol–water partition coefficient (Wildman–Crippen LogP) is -0.869. The van der Waals surface area contributed by atoms with Crippen LogP contribution in [0.3, 0.4) is 0 Å². The number of aromatic nitrogens is 3. The van der Waals surface area contributed by atoms with Gasteiger partial charge in [-0.2, -0.15) is 0 Å². The molecule has 3 heterocycles. The van der Waals surface area contributed by atoms with Gasteiger partial charge in [-0.3, -0.25) is 0 Å². The summed E-state index contributed by atoms with van der Waals surface area (Å²) in [7, 11) is 0. The second-order valence-corrected chi connectivity index (χ2v) is 11.7. The molecule has 0 radical (unpaired) electrons. The van der Waals surface area contributed by atoms with Crippen LogP contribution in [0, 0.1) is 12.7 Å². The van der Waals surface area contributed by atoms with Crippen LogP contribution in [0.2, 0.25) is 0 Å². The summed E-state index contributed by atoms with van der Waals surface area (Å²) in [5.41, 5.74) is -0.0849. The van der Waals surface area contributed by atoms with Gasteiger partial charge in [0.1, 0.15) is 0 Å². The van der Waals surface area contributed by atoms with Crippen LogP contribution >= 0.6 is 0 Å². The van der Waals surface area contributed by atoms with Crippen LogP contribution in [0.5, 0.6) is 0 Å². The topological polar surface area (TPSA) is 69.4 Å². The van der Waals surface area contributed by atoms with Crippen LogP contribution in [0.25, 0.3) is 0 Å². The second kappa shape index (κ2) is 10.6. The minimum absolute atomic E-state index is 0.0826. The van der Waals surface area contributed by atoms with Crippen LogP contribution in [-0.2, 0) is 24.4 Å². The van der Waals surface area contributed by atoms with Gasteiger partial charge in [-0.15, -0.1) is 0 Å². The first-order valence-corrected chi connectivity index (χ1v) is 14.1. The number of aryl methyl sites for hydroxylation is 1. The Morgan fingerprint density at radius 3 is 2.72 bits per heavy atom. The fourth-order valence-corrected chi connectivity index (χ4v) is 8.82. The number of hydrogen-bond donors (Lipinski definition) is 0. The van der Waals surface area contributed by atoms with Crippen molar-refractivity contribution in [3.63, 3.8) is 0 Å². The molecule has 2 saturated heterocycles. The zero-order valence-electron chi connectivity index (χ0n) is 18.7. The van der Waals surface area contributed by atoms with Gasteiger partial charge in [-0.1, -0.05) is 0 Å². The molecule has 3 unspecified atom stereocenters. The summed E-state index contributed by atoms with van der Waals surface area (Å²) in [6.07, 6.45) is 3.71. The predicted molar refractivity (Wildman–Crippen MR) is 116 cm³/mol. The van der Waals surface area contributed by atoms with E-state index in [1.54, 1.807) is 23.6 Å². The van der Waals surface area contributed by atoms with E-state index < -0.39 is 5.69 Å². The third kappa shape index (κ3) is 5.14. The monoisotopic (exact) mass is 557 g/mol. The second-order valence-electron chi connectivity index (χ2n) is 8.51. The van der Waals surface area contributed by atoms with Gasteiger partial charge in [-0.05, 0) is 0 Å². The van der Waals surface area contributed by atoms with Gasteiger partial charge in [0.05, 0.1) is 0 Å². The summed E-state index contributed by atoms with van der Waals surface area (Å²) in [5.74, 6) is 0.275. The van der Waals surface area contributed by atoms with Gasteiger partial charge in [0.15, 0.2) is 0 Å². The molecule has 0 spiro atoms. The number of fused-ring (bicyclic) bond motifs is 2. The average molecular weight is 557 g/mol. The van der Waals surface area contributed by atoms with Crippen molar-refractivity contribution in [2.75, 3.05) is 11.0 Å². The third-order valence-corrected chi connectivity index (χ3v) is 10.1. The Kier molecular flexibility index (Phi) is 7.78. The summed E-state index contributed by atoms with van der Waals surface area (Å²) < 4.78 is 24.6. The molecule has 4 rings (SSSR count). The first-order valence-electron chi connectivity index (χ1n) is 11.3. The van der Waals surface area contributed by atoms with Crippen molar-refractivity contribution in [2.45, 2.75) is 75.4 Å². The zero-order valence-corrected chi connectivity index (χ0v) is 20.8. The van der Waals surface area contributed by atoms with E-state index in [0.29, 0.717) is 41.2 Å². The Balaban J connectivity index is 1.32. The molecule has 2 aliphatic heterocycles. The number of halogens is 2. The zero-order chi connectivity index (χ0) is 22.7. The van der Waals surface area contributed by atoms with Crippen LogP contribution in [0.1, 0.15) is 44.0 Å². The quantitative estimate of drug-likeness (QED) is 0.228. The number of ether oxygens (including phenoxy) is 1. The molecule has 7 nitrogen and oxygen atoms in total. The van der Waals surface area contributed by atoms with E-state index >= 15 is 0 Å². The SMILES string of the molecule is CCCn1c(C)nc(=O)n(CCCN2C3C[I-]C2CC(OCc2ccccc2F)C3)c1=O. The average Bonchev–Trinajstić information content (AvgIpc) is 3.00. The Morgan fingerprint density at radius 1 is 1.16 bits per heavy atom. The number of benzene rings is 1. The molecule has 1 aromatic carbocycles. The van der Waals surface area contributed by atoms with Crippen molar-refractivity contribution in [3.05, 3.63) is 62.4 Å². The maximum absolute atomic E-state index is 13.9. The van der Waals surface area contributed by atoms with E-state index in [1.807, 2.05) is 13.0 Å². The molecule has 3 atom stereocenters. The molecule has 2 aliphatic rings. The molecule has 1 aromatic heterocycles. The number of piperidine rings is 1. The standard InChI is InChI=1S/C23H31FIN4O3/c1-3-9-27-16(2)26-22(30)29(23(27)31)11-6-10-28-18-12-19(13-21(28)25-14-18)32-15-17-7-4-5-8-20(17)24/h4-5,7-8,18-19,21H,3,6,9-15H2,1-2H3/q-1. The Labute approximate surface area is 197 Å². The van der Waals surface area contributed by atoms with E-state index in [-0.39, 0.29) is 38.8 Å². The normalized spacial score (nSPS) is 23.3. The molecule has 176 valence electrons. The number of alkyl halides is 2. The Hall–Kier alpha value is -1.59. The van der Waals surface area contributed by atoms with E-state index in [0.717, 1.165) is 32.2 Å². The van der Waals surface area contributed by atoms with Crippen molar-refractivity contribution < 1.29 is 30.3 Å². The summed E-state index contributed by atoms with van der Waals surface area (Å²) in [5, 5.41) is 0. The van der Waals surface area contributed by atoms with E-state index in [1.165, 1.54) is 15.1 Å². The van der Waals surface area contributed by atoms with Crippen molar-refractivity contribution in [2.24, 2.45) is 0 Å². The third-order valence-electron chi connectivity index (χ3n) is 6.28. The van der Waals surface area contributed by atoms with Crippen molar-refractivity contribution >= 4 is 0 Å². The van der Waals surface area contributed by atoms with Gasteiger partial charge >= 0.3 is 198 Å². The Morgan fingerprint density at radius 2 is 1.97 bits per heavy atom. The van der Waals surface area contributed by atoms with Crippen molar-refractivity contribution in [3.8, 4) is 0 Å². The van der Waals surface area contributed by atoms with Gasteiger partial charge in [0, 0.05) is 0 Å². The van der Waals surface area contributed by atoms with Crippen molar-refractivity contribution in [1.29, 1.82) is 0 Å². The fraction of sp³-hybridized carbons (Fsp3) is 0.609. The number of rotatable bonds is 9. The molecule has 32 heavy (non-hydrogen) atoms. The molecule has 0 amide bonds. The van der Waals surface area contributed by atoms with Crippen LogP contribution in [0.4, 0.5) is 4.39 Å². The molecule has 2 bridgehead atoms. The molecular formula is C23H31FIN4O3-. The molecular weight excluding hydrogens is 526 g/mol. The molecule has 9 heteroatoms. The first-order chi connectivity index (χ1) is 15.5. The molecule has 2 aromatic rings. The number of nitrogens with zero attached hydrogens (tertiary/aromatic N) is 4. The summed E-state index contributed by atoms with van der Waals surface area (Å²) in [4.78, 5) is 31.6. The fourth-order valence-electron chi connectivity index (χ4n) is 4.62. The van der Waals surface area contributed by atoms with Crippen LogP contribution in [0.15, 0.2) is 33.9 Å². The molecule has 0 N–H and O–H groups in total. The van der Waals surface area contributed by atoms with E-state index in [4.69, 9.17) is 4.74 Å². The van der Waals surface area contributed by atoms with Crippen molar-refractivity contribution in [1.82, 2.24) is 19.0 Å². The first kappa shape index (κ1) is 23.6. The summed E-state index contributed by atoms with van der Waals surface area (Å²) in [6, 6.07) is 7.29. The van der Waals surface area contributed by atoms with E-state index in [9.17, 15) is 14.0 Å². The van der Waals surface area contributed by atoms with Crippen LogP contribution < -0.4 is 32.6 Å². The maximum atomic E-state index is 13.9. The Bertz CT molecular complexity index is 1040. The molecule has 0 aliphatic carbocycles. The van der Waals surface area contributed by atoms with Gasteiger partial charge in [-0.25, -0.2) is 0 Å². The summed E-state index contributed by atoms with van der Waals surface area (Å²) in [6.45, 7) is 5.89. The summed E-state index contributed by atoms with van der Waals surface area (Å²) >= 11 is 0.0826. The van der Waals surface area contributed by atoms with Gasteiger partial charge in [0.25, 0.3) is 0 Å². The minimum atomic E-state index is -0.449. The van der Waals surface area contributed by atoms with E-state index in [2.05, 4.69) is 9.88 Å². The molecule has 0 saturated carbocycles. The van der Waals surface area contributed by atoms with Gasteiger partial charge < -0.3 is 0 Å².